The summed E-state index contributed by atoms with van der Waals surface area (Å²) in [5.41, 5.74) is 2.72. The van der Waals surface area contributed by atoms with E-state index in [9.17, 15) is 18.0 Å². The molecule has 25 heavy (non-hydrogen) atoms. The van der Waals surface area contributed by atoms with E-state index in [0.717, 1.165) is 24.0 Å². The van der Waals surface area contributed by atoms with Gasteiger partial charge in [0, 0.05) is 6.54 Å². The average Bonchev–Trinajstić information content (AvgIpc) is 3.31. The minimum Gasteiger partial charge on any atom is -0.408 e. The third-order valence-corrected chi connectivity index (χ3v) is 4.23. The number of alkyl halides is 3. The second-order valence-corrected chi connectivity index (χ2v) is 6.18. The van der Waals surface area contributed by atoms with Gasteiger partial charge >= 0.3 is 12.1 Å². The maximum absolute atomic E-state index is 12.2. The van der Waals surface area contributed by atoms with Gasteiger partial charge in [0.05, 0.1) is 5.52 Å². The number of fused-ring (bicyclic) bond motifs is 1. The van der Waals surface area contributed by atoms with Crippen molar-refractivity contribution in [1.82, 2.24) is 4.57 Å². The summed E-state index contributed by atoms with van der Waals surface area (Å²) in [6.07, 6.45) is -2.49. The van der Waals surface area contributed by atoms with Crippen LogP contribution in [0.1, 0.15) is 12.8 Å². The lowest BCUT2D eigenvalue weighted by Crippen LogP contribution is -2.16. The molecular weight excluding hydrogens is 335 g/mol. The first-order valence-electron chi connectivity index (χ1n) is 7.89. The van der Waals surface area contributed by atoms with E-state index >= 15 is 0 Å². The molecule has 7 heteroatoms. The lowest BCUT2D eigenvalue weighted by atomic mass is 10.1. The number of hydrogen-bond donors (Lipinski definition) is 0. The van der Waals surface area contributed by atoms with Crippen LogP contribution < -0.4 is 10.5 Å². The Balaban J connectivity index is 1.67. The molecule has 1 aliphatic rings. The molecule has 1 heterocycles. The zero-order valence-corrected chi connectivity index (χ0v) is 13.0. The van der Waals surface area contributed by atoms with Crippen molar-refractivity contribution in [2.24, 2.45) is 5.92 Å². The molecule has 130 valence electrons. The summed E-state index contributed by atoms with van der Waals surface area (Å²) >= 11 is 0. The average molecular weight is 349 g/mol. The molecule has 0 saturated heterocycles. The van der Waals surface area contributed by atoms with Gasteiger partial charge < -0.3 is 9.15 Å². The van der Waals surface area contributed by atoms with Crippen LogP contribution in [-0.2, 0) is 6.54 Å². The highest BCUT2D eigenvalue weighted by Gasteiger charge is 2.31. The van der Waals surface area contributed by atoms with Gasteiger partial charge in [-0.25, -0.2) is 4.79 Å². The molecule has 0 aliphatic heterocycles. The van der Waals surface area contributed by atoms with Crippen molar-refractivity contribution in [1.29, 1.82) is 0 Å². The highest BCUT2D eigenvalue weighted by molar-refractivity contribution is 5.80. The Hall–Kier alpha value is -2.70. The first-order chi connectivity index (χ1) is 11.9. The van der Waals surface area contributed by atoms with E-state index in [-0.39, 0.29) is 11.5 Å². The maximum Gasteiger partial charge on any atom is 0.573 e. The van der Waals surface area contributed by atoms with E-state index in [4.69, 9.17) is 4.42 Å². The van der Waals surface area contributed by atoms with Gasteiger partial charge in [-0.2, -0.15) is 0 Å². The number of oxazole rings is 1. The first-order valence-corrected chi connectivity index (χ1v) is 7.89. The van der Waals surface area contributed by atoms with Crippen LogP contribution in [0.2, 0.25) is 0 Å². The molecule has 1 aromatic heterocycles. The maximum atomic E-state index is 12.2. The van der Waals surface area contributed by atoms with E-state index < -0.39 is 6.36 Å². The molecule has 0 bridgehead atoms. The normalized spacial score (nSPS) is 14.8. The second-order valence-electron chi connectivity index (χ2n) is 6.18. The van der Waals surface area contributed by atoms with Crippen LogP contribution in [0.4, 0.5) is 13.2 Å². The van der Waals surface area contributed by atoms with Crippen molar-refractivity contribution in [2.45, 2.75) is 25.7 Å². The van der Waals surface area contributed by atoms with Crippen molar-refractivity contribution in [3.8, 4) is 16.9 Å². The van der Waals surface area contributed by atoms with Gasteiger partial charge in [-0.1, -0.05) is 18.2 Å². The zero-order valence-electron chi connectivity index (χ0n) is 13.0. The first kappa shape index (κ1) is 15.8. The molecule has 3 aromatic rings. The molecule has 0 radical (unpaired) electrons. The number of hydrogen-bond acceptors (Lipinski definition) is 3. The number of ether oxygens (including phenoxy) is 1. The predicted octanol–water partition coefficient (Wildman–Crippen LogP) is 4.57. The monoisotopic (exact) mass is 349 g/mol. The largest absolute Gasteiger partial charge is 0.573 e. The van der Waals surface area contributed by atoms with Crippen molar-refractivity contribution in [3.05, 3.63) is 53.0 Å². The van der Waals surface area contributed by atoms with Crippen LogP contribution in [-0.4, -0.2) is 10.9 Å². The highest BCUT2D eigenvalue weighted by atomic mass is 19.4. The minimum atomic E-state index is -4.71. The fourth-order valence-electron chi connectivity index (χ4n) is 2.82. The van der Waals surface area contributed by atoms with Crippen LogP contribution >= 0.6 is 0 Å². The number of rotatable bonds is 4. The SMILES string of the molecule is O=c1oc2ccc(-c3ccc(OC(F)(F)F)cc3)cc2n1CC1CC1. The van der Waals surface area contributed by atoms with Crippen molar-refractivity contribution < 1.29 is 22.3 Å². The van der Waals surface area contributed by atoms with Crippen molar-refractivity contribution in [2.75, 3.05) is 0 Å². The molecule has 0 atom stereocenters. The fraction of sp³-hybridized carbons (Fsp3) is 0.278. The Morgan fingerprint density at radius 1 is 1.08 bits per heavy atom. The summed E-state index contributed by atoms with van der Waals surface area (Å²) in [5, 5.41) is 0. The molecule has 2 aromatic carbocycles. The Bertz CT molecular complexity index is 966. The molecule has 0 unspecified atom stereocenters. The van der Waals surface area contributed by atoms with Crippen LogP contribution in [0.5, 0.6) is 5.75 Å². The number of benzene rings is 2. The summed E-state index contributed by atoms with van der Waals surface area (Å²) < 4.78 is 47.4. The van der Waals surface area contributed by atoms with E-state index in [0.29, 0.717) is 23.6 Å². The Labute approximate surface area is 140 Å². The van der Waals surface area contributed by atoms with Crippen molar-refractivity contribution >= 4 is 11.1 Å². The zero-order chi connectivity index (χ0) is 17.6. The van der Waals surface area contributed by atoms with E-state index in [1.165, 1.54) is 12.1 Å². The van der Waals surface area contributed by atoms with Gasteiger partial charge in [-0.05, 0) is 54.2 Å². The fourth-order valence-corrected chi connectivity index (χ4v) is 2.82. The summed E-state index contributed by atoms with van der Waals surface area (Å²) in [7, 11) is 0. The standard InChI is InChI=1S/C18H14F3NO3/c19-18(20,21)25-14-6-3-12(4-7-14)13-5-8-16-15(9-13)22(17(23)24-16)10-11-1-2-11/h3-9,11H,1-2,10H2. The van der Waals surface area contributed by atoms with Gasteiger partial charge in [0.25, 0.3) is 0 Å². The van der Waals surface area contributed by atoms with Crippen LogP contribution in [0.25, 0.3) is 22.2 Å². The van der Waals surface area contributed by atoms with Gasteiger partial charge in [0.15, 0.2) is 5.58 Å². The van der Waals surface area contributed by atoms with E-state index in [1.807, 2.05) is 6.07 Å². The van der Waals surface area contributed by atoms with Gasteiger partial charge in [0.2, 0.25) is 0 Å². The molecular formula is C18H14F3NO3. The summed E-state index contributed by atoms with van der Waals surface area (Å²) in [6, 6.07) is 10.9. The van der Waals surface area contributed by atoms with Crippen LogP contribution in [0, 0.1) is 5.92 Å². The number of halogens is 3. The Kier molecular flexibility index (Phi) is 3.59. The van der Waals surface area contributed by atoms with Crippen LogP contribution in [0.15, 0.2) is 51.7 Å². The summed E-state index contributed by atoms with van der Waals surface area (Å²) in [6.45, 7) is 0.633. The molecule has 0 N–H and O–H groups in total. The molecule has 0 spiro atoms. The highest BCUT2D eigenvalue weighted by Crippen LogP contribution is 2.32. The lowest BCUT2D eigenvalue weighted by molar-refractivity contribution is -0.274. The molecule has 1 saturated carbocycles. The van der Waals surface area contributed by atoms with E-state index in [2.05, 4.69) is 4.74 Å². The molecule has 0 amide bonds. The number of nitrogens with zero attached hydrogens (tertiary/aromatic N) is 1. The smallest absolute Gasteiger partial charge is 0.408 e. The van der Waals surface area contributed by atoms with Gasteiger partial charge in [-0.3, -0.25) is 4.57 Å². The van der Waals surface area contributed by atoms with E-state index in [1.54, 1.807) is 28.8 Å². The molecule has 1 fully saturated rings. The topological polar surface area (TPSA) is 44.4 Å². The lowest BCUT2D eigenvalue weighted by Gasteiger charge is -2.09. The van der Waals surface area contributed by atoms with Crippen molar-refractivity contribution in [3.63, 3.8) is 0 Å². The summed E-state index contributed by atoms with van der Waals surface area (Å²) in [5.74, 6) is -0.139. The van der Waals surface area contributed by atoms with Crippen LogP contribution in [0.3, 0.4) is 0 Å². The number of aromatic nitrogens is 1. The summed E-state index contributed by atoms with van der Waals surface area (Å²) in [4.78, 5) is 12.0. The Morgan fingerprint density at radius 2 is 1.76 bits per heavy atom. The Morgan fingerprint density at radius 3 is 2.40 bits per heavy atom. The second kappa shape index (κ2) is 5.68. The molecule has 4 rings (SSSR count). The van der Waals surface area contributed by atoms with Gasteiger partial charge in [-0.15, -0.1) is 13.2 Å². The predicted molar refractivity (Wildman–Crippen MR) is 85.3 cm³/mol. The van der Waals surface area contributed by atoms with Gasteiger partial charge in [0.1, 0.15) is 5.75 Å². The molecule has 4 nitrogen and oxygen atoms in total. The minimum absolute atomic E-state index is 0.272. The quantitative estimate of drug-likeness (QED) is 0.693. The molecule has 1 aliphatic carbocycles. The third kappa shape index (κ3) is 3.40. The third-order valence-electron chi connectivity index (χ3n) is 4.23.